The molecule has 0 amide bonds. The van der Waals surface area contributed by atoms with Crippen molar-refractivity contribution in [3.63, 3.8) is 0 Å². The van der Waals surface area contributed by atoms with Crippen molar-refractivity contribution in [3.05, 3.63) is 64.2 Å². The van der Waals surface area contributed by atoms with Crippen LogP contribution < -0.4 is 0 Å². The monoisotopic (exact) mass is 262 g/mol. The van der Waals surface area contributed by atoms with Gasteiger partial charge in [-0.2, -0.15) is 0 Å². The molecule has 0 bridgehead atoms. The van der Waals surface area contributed by atoms with Crippen molar-refractivity contribution in [2.45, 2.75) is 6.42 Å². The second kappa shape index (κ2) is 5.10. The lowest BCUT2D eigenvalue weighted by atomic mass is 9.99. The number of phenols is 1. The summed E-state index contributed by atoms with van der Waals surface area (Å²) in [7, 11) is 0. The number of hydrogen-bond acceptors (Lipinski definition) is 2. The van der Waals surface area contributed by atoms with Crippen LogP contribution in [0.4, 0.5) is 0 Å². The van der Waals surface area contributed by atoms with E-state index in [9.17, 15) is 9.90 Å². The van der Waals surface area contributed by atoms with E-state index in [1.807, 2.05) is 18.2 Å². The first kappa shape index (κ1) is 12.5. The average molecular weight is 263 g/mol. The Morgan fingerprint density at radius 2 is 1.83 bits per heavy atom. The van der Waals surface area contributed by atoms with E-state index in [4.69, 9.17) is 16.7 Å². The predicted octanol–water partition coefficient (Wildman–Crippen LogP) is 3.33. The summed E-state index contributed by atoms with van der Waals surface area (Å²) in [5.74, 6) is -0.973. The summed E-state index contributed by atoms with van der Waals surface area (Å²) in [5, 5.41) is 19.1. The van der Waals surface area contributed by atoms with E-state index in [0.717, 1.165) is 5.56 Å². The number of carboxylic acids is 1. The van der Waals surface area contributed by atoms with Crippen LogP contribution >= 0.6 is 11.6 Å². The summed E-state index contributed by atoms with van der Waals surface area (Å²) in [6, 6.07) is 11.4. The lowest BCUT2D eigenvalue weighted by Gasteiger charge is -2.08. The van der Waals surface area contributed by atoms with Gasteiger partial charge in [0.15, 0.2) is 0 Å². The molecule has 0 saturated carbocycles. The van der Waals surface area contributed by atoms with Crippen molar-refractivity contribution in [3.8, 4) is 5.75 Å². The molecule has 0 aliphatic rings. The van der Waals surface area contributed by atoms with E-state index >= 15 is 0 Å². The minimum atomic E-state index is -1.02. The van der Waals surface area contributed by atoms with Crippen molar-refractivity contribution in [1.82, 2.24) is 0 Å². The third kappa shape index (κ3) is 2.63. The van der Waals surface area contributed by atoms with Crippen LogP contribution in [-0.4, -0.2) is 16.2 Å². The van der Waals surface area contributed by atoms with Crippen molar-refractivity contribution in [2.75, 3.05) is 0 Å². The topological polar surface area (TPSA) is 57.5 Å². The van der Waals surface area contributed by atoms with Crippen LogP contribution in [0.1, 0.15) is 21.5 Å². The van der Waals surface area contributed by atoms with Crippen LogP contribution in [0.2, 0.25) is 5.02 Å². The van der Waals surface area contributed by atoms with Gasteiger partial charge in [-0.05, 0) is 41.8 Å². The summed E-state index contributed by atoms with van der Waals surface area (Å²) in [5.41, 5.74) is 1.54. The molecule has 0 atom stereocenters. The van der Waals surface area contributed by atoms with E-state index in [2.05, 4.69) is 0 Å². The summed E-state index contributed by atoms with van der Waals surface area (Å²) in [4.78, 5) is 11.1. The van der Waals surface area contributed by atoms with Crippen LogP contribution in [0.25, 0.3) is 0 Å². The van der Waals surface area contributed by atoms with Gasteiger partial charge >= 0.3 is 5.97 Å². The second-order valence-corrected chi connectivity index (χ2v) is 4.32. The molecule has 2 aromatic rings. The average Bonchev–Trinajstić information content (AvgIpc) is 2.32. The maximum absolute atomic E-state index is 11.1. The van der Waals surface area contributed by atoms with Crippen LogP contribution in [0.3, 0.4) is 0 Å². The highest BCUT2D eigenvalue weighted by atomic mass is 35.5. The molecule has 18 heavy (non-hydrogen) atoms. The quantitative estimate of drug-likeness (QED) is 0.892. The summed E-state index contributed by atoms with van der Waals surface area (Å²) in [6.45, 7) is 0. The molecule has 2 N–H and O–H groups in total. The number of phenolic OH excluding ortho intramolecular Hbond substituents is 1. The molecule has 0 radical (unpaired) electrons. The number of rotatable bonds is 3. The summed E-state index contributed by atoms with van der Waals surface area (Å²) < 4.78 is 0. The Hall–Kier alpha value is -2.00. The lowest BCUT2D eigenvalue weighted by Crippen LogP contribution is -2.03. The first-order valence-electron chi connectivity index (χ1n) is 5.36. The SMILES string of the molecule is O=C(O)c1ccc(O)cc1Cc1ccccc1Cl. The van der Waals surface area contributed by atoms with Crippen molar-refractivity contribution in [2.24, 2.45) is 0 Å². The van der Waals surface area contributed by atoms with Crippen molar-refractivity contribution >= 4 is 17.6 Å². The zero-order valence-electron chi connectivity index (χ0n) is 9.43. The number of carboxylic acid groups (broad SMARTS) is 1. The maximum Gasteiger partial charge on any atom is 0.335 e. The van der Waals surface area contributed by atoms with E-state index in [1.165, 1.54) is 18.2 Å². The molecule has 0 heterocycles. The molecule has 4 heteroatoms. The van der Waals surface area contributed by atoms with Crippen molar-refractivity contribution < 1.29 is 15.0 Å². The normalized spacial score (nSPS) is 10.3. The molecule has 2 rings (SSSR count). The smallest absolute Gasteiger partial charge is 0.335 e. The lowest BCUT2D eigenvalue weighted by molar-refractivity contribution is 0.0696. The number of carbonyl (C=O) groups is 1. The van der Waals surface area contributed by atoms with Gasteiger partial charge in [0.2, 0.25) is 0 Å². The Kier molecular flexibility index (Phi) is 3.53. The number of benzene rings is 2. The van der Waals surface area contributed by atoms with E-state index in [-0.39, 0.29) is 11.3 Å². The highest BCUT2D eigenvalue weighted by molar-refractivity contribution is 6.31. The largest absolute Gasteiger partial charge is 0.508 e. The molecule has 0 aliphatic heterocycles. The van der Waals surface area contributed by atoms with Gasteiger partial charge in [0, 0.05) is 5.02 Å². The molecular weight excluding hydrogens is 252 g/mol. The third-order valence-electron chi connectivity index (χ3n) is 2.66. The second-order valence-electron chi connectivity index (χ2n) is 3.91. The predicted molar refractivity (Wildman–Crippen MR) is 69.3 cm³/mol. The van der Waals surface area contributed by atoms with E-state index in [0.29, 0.717) is 17.0 Å². The van der Waals surface area contributed by atoms with E-state index in [1.54, 1.807) is 6.07 Å². The van der Waals surface area contributed by atoms with Crippen LogP contribution in [0.15, 0.2) is 42.5 Å². The van der Waals surface area contributed by atoms with Crippen LogP contribution in [0, 0.1) is 0 Å². The summed E-state index contributed by atoms with van der Waals surface area (Å²) in [6.07, 6.45) is 0.371. The number of aromatic carboxylic acids is 1. The Bertz CT molecular complexity index is 593. The van der Waals surface area contributed by atoms with Gasteiger partial charge in [-0.25, -0.2) is 4.79 Å². The number of aromatic hydroxyl groups is 1. The Morgan fingerprint density at radius 1 is 1.11 bits per heavy atom. The third-order valence-corrected chi connectivity index (χ3v) is 3.03. The fourth-order valence-electron chi connectivity index (χ4n) is 1.78. The van der Waals surface area contributed by atoms with Gasteiger partial charge in [-0.15, -0.1) is 0 Å². The molecule has 0 aliphatic carbocycles. The first-order chi connectivity index (χ1) is 8.58. The zero-order valence-corrected chi connectivity index (χ0v) is 10.2. The van der Waals surface area contributed by atoms with Gasteiger partial charge in [0.05, 0.1) is 5.56 Å². The fourth-order valence-corrected chi connectivity index (χ4v) is 1.98. The molecule has 0 fully saturated rings. The maximum atomic E-state index is 11.1. The zero-order chi connectivity index (χ0) is 13.1. The Balaban J connectivity index is 2.42. The molecular formula is C14H11ClO3. The minimum absolute atomic E-state index is 0.0436. The highest BCUT2D eigenvalue weighted by Crippen LogP contribution is 2.23. The molecule has 0 aromatic heterocycles. The van der Waals surface area contributed by atoms with Crippen molar-refractivity contribution in [1.29, 1.82) is 0 Å². The first-order valence-corrected chi connectivity index (χ1v) is 5.74. The Morgan fingerprint density at radius 3 is 2.50 bits per heavy atom. The number of halogens is 1. The number of hydrogen-bond donors (Lipinski definition) is 2. The van der Waals surface area contributed by atoms with Gasteiger partial charge in [0.25, 0.3) is 0 Å². The molecule has 2 aromatic carbocycles. The molecule has 0 unspecified atom stereocenters. The van der Waals surface area contributed by atoms with Gasteiger partial charge < -0.3 is 10.2 Å². The molecule has 0 saturated heterocycles. The molecule has 92 valence electrons. The highest BCUT2D eigenvalue weighted by Gasteiger charge is 2.12. The molecule has 0 spiro atoms. The van der Waals surface area contributed by atoms with Gasteiger partial charge in [0.1, 0.15) is 5.75 Å². The van der Waals surface area contributed by atoms with Gasteiger partial charge in [-0.1, -0.05) is 29.8 Å². The van der Waals surface area contributed by atoms with Crippen LogP contribution in [-0.2, 0) is 6.42 Å². The fraction of sp³-hybridized carbons (Fsp3) is 0.0714. The van der Waals surface area contributed by atoms with Gasteiger partial charge in [-0.3, -0.25) is 0 Å². The summed E-state index contributed by atoms with van der Waals surface area (Å²) >= 11 is 6.04. The van der Waals surface area contributed by atoms with E-state index < -0.39 is 5.97 Å². The Labute approximate surface area is 109 Å². The van der Waals surface area contributed by atoms with Crippen LogP contribution in [0.5, 0.6) is 5.75 Å². The standard InChI is InChI=1S/C14H11ClO3/c15-13-4-2-1-3-9(13)7-10-8-11(16)5-6-12(10)14(17)18/h1-6,8,16H,7H2,(H,17,18). The minimum Gasteiger partial charge on any atom is -0.508 e. The molecule has 3 nitrogen and oxygen atoms in total.